The molecule has 0 unspecified atom stereocenters. The van der Waals surface area contributed by atoms with Gasteiger partial charge in [-0.25, -0.2) is 0 Å². The van der Waals surface area contributed by atoms with Gasteiger partial charge in [0, 0.05) is 0 Å². The minimum Gasteiger partial charge on any atom is -0.481 e. The molecule has 0 radical (unpaired) electrons. The summed E-state index contributed by atoms with van der Waals surface area (Å²) in [6, 6.07) is 0. The van der Waals surface area contributed by atoms with Crippen molar-refractivity contribution in [1.29, 1.82) is 0 Å². The van der Waals surface area contributed by atoms with E-state index in [9.17, 15) is 4.79 Å². The van der Waals surface area contributed by atoms with Gasteiger partial charge in [-0.1, -0.05) is 32.0 Å². The van der Waals surface area contributed by atoms with Crippen LogP contribution in [-0.4, -0.2) is 23.9 Å². The van der Waals surface area contributed by atoms with Crippen LogP contribution in [0, 0.1) is 17.3 Å². The van der Waals surface area contributed by atoms with E-state index in [0.717, 1.165) is 12.0 Å². The maximum Gasteiger partial charge on any atom is 0.307 e. The molecule has 17 heavy (non-hydrogen) atoms. The number of carbonyl (C=O) groups is 1. The maximum atomic E-state index is 11.0. The fraction of sp³-hybridized carbons (Fsp3) is 0.692. The average molecular weight is 239 g/mol. The highest BCUT2D eigenvalue weighted by atomic mass is 16.6. The van der Waals surface area contributed by atoms with E-state index in [-0.39, 0.29) is 17.3 Å². The van der Waals surface area contributed by atoms with Crippen molar-refractivity contribution in [3.63, 3.8) is 0 Å². The molecule has 0 aromatic rings. The number of allylic oxidation sites excluding steroid dienone is 2. The molecule has 0 spiro atoms. The number of hydrogen-bond acceptors (Lipinski definition) is 3. The smallest absolute Gasteiger partial charge is 0.307 e. The van der Waals surface area contributed by atoms with Gasteiger partial charge < -0.3 is 9.94 Å². The van der Waals surface area contributed by atoms with Crippen LogP contribution < -0.4 is 0 Å². The van der Waals surface area contributed by atoms with E-state index in [1.807, 2.05) is 33.8 Å². The molecule has 1 rings (SSSR count). The van der Waals surface area contributed by atoms with Gasteiger partial charge in [-0.3, -0.25) is 4.79 Å². The summed E-state index contributed by atoms with van der Waals surface area (Å²) in [5.74, 6) is -0.900. The summed E-state index contributed by atoms with van der Waals surface area (Å²) in [4.78, 5) is 16.0. The molecule has 4 heteroatoms. The highest BCUT2D eigenvalue weighted by Gasteiger charge is 2.60. The highest BCUT2D eigenvalue weighted by molar-refractivity contribution is 5.80. The summed E-state index contributed by atoms with van der Waals surface area (Å²) in [6.07, 6.45) is 4.54. The standard InChI is InChI=1S/C13H21NO3/c1-5-6-17-14-8-9(2)7-10-11(12(15)16)13(10,3)4/h7-8,10-11H,5-6H2,1-4H3,(H,15,16)/b9-7+,14-8?/t10-,11+/m1/s1. The first kappa shape index (κ1) is 13.7. The SMILES string of the molecule is CCCON=C/C(C)=C/[C@@H]1[C@@H](C(=O)O)C1(C)C. The second-order valence-electron chi connectivity index (χ2n) is 5.14. The van der Waals surface area contributed by atoms with Crippen molar-refractivity contribution in [2.75, 3.05) is 6.61 Å². The molecular formula is C13H21NO3. The minimum atomic E-state index is -0.719. The zero-order valence-electron chi connectivity index (χ0n) is 10.9. The van der Waals surface area contributed by atoms with Crippen molar-refractivity contribution in [3.05, 3.63) is 11.6 Å². The first-order chi connectivity index (χ1) is 7.91. The summed E-state index contributed by atoms with van der Waals surface area (Å²) in [6.45, 7) is 8.49. The molecule has 4 nitrogen and oxygen atoms in total. The van der Waals surface area contributed by atoms with Gasteiger partial charge in [-0.2, -0.15) is 0 Å². The van der Waals surface area contributed by atoms with Crippen LogP contribution in [0.5, 0.6) is 0 Å². The van der Waals surface area contributed by atoms with Crippen LogP contribution in [0.3, 0.4) is 0 Å². The van der Waals surface area contributed by atoms with Crippen molar-refractivity contribution in [2.24, 2.45) is 22.4 Å². The van der Waals surface area contributed by atoms with Gasteiger partial charge in [-0.05, 0) is 30.3 Å². The number of oxime groups is 1. The summed E-state index contributed by atoms with van der Waals surface area (Å²) in [5, 5.41) is 12.8. The third kappa shape index (κ3) is 3.32. The predicted octanol–water partition coefficient (Wildman–Crippen LogP) is 2.70. The van der Waals surface area contributed by atoms with E-state index in [0.29, 0.717) is 6.61 Å². The zero-order chi connectivity index (χ0) is 13.1. The van der Waals surface area contributed by atoms with E-state index in [1.54, 1.807) is 6.21 Å². The van der Waals surface area contributed by atoms with Crippen LogP contribution in [0.4, 0.5) is 0 Å². The van der Waals surface area contributed by atoms with Crippen LogP contribution >= 0.6 is 0 Å². The van der Waals surface area contributed by atoms with Gasteiger partial charge in [0.05, 0.1) is 12.1 Å². The Kier molecular flexibility index (Phi) is 4.32. The summed E-state index contributed by atoms with van der Waals surface area (Å²) in [7, 11) is 0. The van der Waals surface area contributed by atoms with E-state index < -0.39 is 5.97 Å². The lowest BCUT2D eigenvalue weighted by Gasteiger charge is -1.98. The molecule has 0 amide bonds. The second kappa shape index (κ2) is 5.34. The molecule has 1 fully saturated rings. The number of hydrogen-bond donors (Lipinski definition) is 1. The van der Waals surface area contributed by atoms with E-state index in [2.05, 4.69) is 5.16 Å². The molecule has 1 aliphatic carbocycles. The van der Waals surface area contributed by atoms with Crippen molar-refractivity contribution < 1.29 is 14.7 Å². The Labute approximate surface area is 102 Å². The van der Waals surface area contributed by atoms with Gasteiger partial charge in [0.25, 0.3) is 0 Å². The highest BCUT2D eigenvalue weighted by Crippen LogP contribution is 2.59. The number of rotatable bonds is 6. The first-order valence-corrected chi connectivity index (χ1v) is 5.97. The number of aliphatic carboxylic acids is 1. The van der Waals surface area contributed by atoms with E-state index in [4.69, 9.17) is 9.94 Å². The Morgan fingerprint density at radius 2 is 2.18 bits per heavy atom. The maximum absolute atomic E-state index is 11.0. The molecule has 1 N–H and O–H groups in total. The lowest BCUT2D eigenvalue weighted by atomic mass is 10.1. The van der Waals surface area contributed by atoms with Crippen molar-refractivity contribution >= 4 is 12.2 Å². The molecular weight excluding hydrogens is 218 g/mol. The van der Waals surface area contributed by atoms with Crippen LogP contribution in [0.1, 0.15) is 34.1 Å². The summed E-state index contributed by atoms with van der Waals surface area (Å²) in [5.41, 5.74) is 0.800. The van der Waals surface area contributed by atoms with Crippen LogP contribution in [0.15, 0.2) is 16.8 Å². The second-order valence-corrected chi connectivity index (χ2v) is 5.14. The number of nitrogens with zero attached hydrogens (tertiary/aromatic N) is 1. The Balaban J connectivity index is 2.53. The molecule has 1 saturated carbocycles. The van der Waals surface area contributed by atoms with Crippen molar-refractivity contribution in [1.82, 2.24) is 0 Å². The van der Waals surface area contributed by atoms with Crippen LogP contribution in [0.25, 0.3) is 0 Å². The molecule has 1 aliphatic rings. The Bertz CT molecular complexity index is 345. The monoisotopic (exact) mass is 239 g/mol. The molecule has 0 saturated heterocycles. The molecule has 0 aromatic heterocycles. The van der Waals surface area contributed by atoms with Gasteiger partial charge in [0.15, 0.2) is 0 Å². The molecule has 0 aliphatic heterocycles. The first-order valence-electron chi connectivity index (χ1n) is 5.97. The quantitative estimate of drug-likeness (QED) is 0.440. The van der Waals surface area contributed by atoms with Crippen LogP contribution in [0.2, 0.25) is 0 Å². The molecule has 0 aromatic carbocycles. The Morgan fingerprint density at radius 1 is 1.53 bits per heavy atom. The van der Waals surface area contributed by atoms with Gasteiger partial charge in [-0.15, -0.1) is 0 Å². The molecule has 0 heterocycles. The predicted molar refractivity (Wildman–Crippen MR) is 66.9 cm³/mol. The fourth-order valence-corrected chi connectivity index (χ4v) is 2.05. The third-order valence-corrected chi connectivity index (χ3v) is 3.25. The van der Waals surface area contributed by atoms with Crippen molar-refractivity contribution in [3.8, 4) is 0 Å². The van der Waals surface area contributed by atoms with Crippen molar-refractivity contribution in [2.45, 2.75) is 34.1 Å². The van der Waals surface area contributed by atoms with E-state index in [1.165, 1.54) is 0 Å². The molecule has 0 bridgehead atoms. The largest absolute Gasteiger partial charge is 0.481 e. The number of carboxylic acids is 1. The minimum absolute atomic E-state index is 0.0950. The van der Waals surface area contributed by atoms with Gasteiger partial charge >= 0.3 is 5.97 Å². The van der Waals surface area contributed by atoms with Crippen LogP contribution in [-0.2, 0) is 9.63 Å². The fourth-order valence-electron chi connectivity index (χ4n) is 2.05. The number of carboxylic acid groups (broad SMARTS) is 1. The normalized spacial score (nSPS) is 27.2. The lowest BCUT2D eigenvalue weighted by Crippen LogP contribution is -2.03. The summed E-state index contributed by atoms with van der Waals surface area (Å²) < 4.78 is 0. The van der Waals surface area contributed by atoms with E-state index >= 15 is 0 Å². The third-order valence-electron chi connectivity index (χ3n) is 3.25. The average Bonchev–Trinajstić information content (AvgIpc) is 2.75. The summed E-state index contributed by atoms with van der Waals surface area (Å²) >= 11 is 0. The molecule has 96 valence electrons. The Hall–Kier alpha value is -1.32. The van der Waals surface area contributed by atoms with Gasteiger partial charge in [0.2, 0.25) is 0 Å². The van der Waals surface area contributed by atoms with Gasteiger partial charge in [0.1, 0.15) is 6.61 Å². The zero-order valence-corrected chi connectivity index (χ0v) is 10.9. The Morgan fingerprint density at radius 3 is 2.65 bits per heavy atom. The topological polar surface area (TPSA) is 58.9 Å². The lowest BCUT2D eigenvalue weighted by molar-refractivity contribution is -0.139. The molecule has 2 atom stereocenters.